The number of nitrogens with zero attached hydrogens (tertiary/aromatic N) is 4. The summed E-state index contributed by atoms with van der Waals surface area (Å²) < 4.78 is 5.31. The maximum atomic E-state index is 11.9. The smallest absolute Gasteiger partial charge is 0.353 e. The highest BCUT2D eigenvalue weighted by atomic mass is 16.6. The van der Waals surface area contributed by atoms with Crippen LogP contribution in [0.3, 0.4) is 0 Å². The van der Waals surface area contributed by atoms with E-state index in [2.05, 4.69) is 43.0 Å². The van der Waals surface area contributed by atoms with Crippen molar-refractivity contribution in [2.45, 2.75) is 27.7 Å². The Kier molecular flexibility index (Phi) is 6.92. The summed E-state index contributed by atoms with van der Waals surface area (Å²) in [5.41, 5.74) is 0.469. The first-order valence-corrected chi connectivity index (χ1v) is 8.97. The van der Waals surface area contributed by atoms with Gasteiger partial charge in [0.05, 0.1) is 17.7 Å². The second-order valence-corrected chi connectivity index (χ2v) is 7.17. The van der Waals surface area contributed by atoms with Crippen molar-refractivity contribution in [2.75, 3.05) is 30.4 Å². The molecule has 0 aliphatic rings. The van der Waals surface area contributed by atoms with Crippen LogP contribution in [0.25, 0.3) is 0 Å². The summed E-state index contributed by atoms with van der Waals surface area (Å²) in [4.78, 5) is 21.8. The highest BCUT2D eigenvalue weighted by molar-refractivity contribution is 5.76. The number of benzene rings is 1. The van der Waals surface area contributed by atoms with Crippen LogP contribution in [-0.2, 0) is 0 Å². The normalized spacial score (nSPS) is 10.9. The molecular weight excluding hydrogens is 346 g/mol. The predicted molar refractivity (Wildman–Crippen MR) is 107 cm³/mol. The molecule has 0 bridgehead atoms. The zero-order chi connectivity index (χ0) is 20.0. The number of para-hydroxylation sites is 2. The van der Waals surface area contributed by atoms with Crippen LogP contribution in [0, 0.1) is 22.0 Å². The van der Waals surface area contributed by atoms with Crippen molar-refractivity contribution in [1.29, 1.82) is 0 Å². The van der Waals surface area contributed by atoms with E-state index in [1.54, 1.807) is 19.2 Å². The summed E-state index contributed by atoms with van der Waals surface area (Å²) in [6.45, 7) is 9.65. The second kappa shape index (κ2) is 9.16. The van der Waals surface area contributed by atoms with Crippen molar-refractivity contribution in [3.8, 4) is 5.75 Å². The van der Waals surface area contributed by atoms with Crippen LogP contribution in [0.2, 0.25) is 0 Å². The summed E-state index contributed by atoms with van der Waals surface area (Å²) in [5.74, 6) is 1.72. The minimum atomic E-state index is -0.430. The topological polar surface area (TPSA) is 93.4 Å². The monoisotopic (exact) mass is 373 g/mol. The van der Waals surface area contributed by atoms with E-state index in [1.165, 1.54) is 6.33 Å². The molecule has 1 aromatic heterocycles. The van der Waals surface area contributed by atoms with E-state index in [0.29, 0.717) is 42.2 Å². The van der Waals surface area contributed by atoms with Crippen LogP contribution in [0.5, 0.6) is 5.75 Å². The molecule has 0 aliphatic heterocycles. The lowest BCUT2D eigenvalue weighted by atomic mass is 10.1. The molecule has 8 heteroatoms. The van der Waals surface area contributed by atoms with Gasteiger partial charge in [-0.3, -0.25) is 10.1 Å². The van der Waals surface area contributed by atoms with Gasteiger partial charge in [-0.1, -0.05) is 39.8 Å². The van der Waals surface area contributed by atoms with Gasteiger partial charge in [0.2, 0.25) is 11.6 Å². The molecule has 1 aromatic carbocycles. The van der Waals surface area contributed by atoms with E-state index in [1.807, 2.05) is 17.0 Å². The fourth-order valence-electron chi connectivity index (χ4n) is 2.86. The third kappa shape index (κ3) is 5.29. The molecule has 1 N–H and O–H groups in total. The molecule has 2 aromatic rings. The average molecular weight is 373 g/mol. The third-order valence-electron chi connectivity index (χ3n) is 3.82. The minimum Gasteiger partial charge on any atom is -0.495 e. The van der Waals surface area contributed by atoms with E-state index in [9.17, 15) is 10.1 Å². The quantitative estimate of drug-likeness (QED) is 0.518. The SMILES string of the molecule is COc1ccccc1Nc1ncnc(N(CC(C)C)CC(C)C)c1[N+](=O)[O-]. The van der Waals surface area contributed by atoms with Crippen molar-refractivity contribution in [2.24, 2.45) is 11.8 Å². The zero-order valence-electron chi connectivity index (χ0n) is 16.5. The first-order chi connectivity index (χ1) is 12.8. The molecule has 0 aliphatic carbocycles. The number of nitro groups is 1. The molecular formula is C19H27N5O3. The Morgan fingerprint density at radius 1 is 1.15 bits per heavy atom. The molecule has 2 rings (SSSR count). The summed E-state index contributed by atoms with van der Waals surface area (Å²) in [7, 11) is 1.55. The summed E-state index contributed by atoms with van der Waals surface area (Å²) >= 11 is 0. The first-order valence-electron chi connectivity index (χ1n) is 8.97. The fraction of sp³-hybridized carbons (Fsp3) is 0.474. The maximum Gasteiger partial charge on any atom is 0.353 e. The molecule has 27 heavy (non-hydrogen) atoms. The van der Waals surface area contributed by atoms with Crippen LogP contribution in [0.4, 0.5) is 23.0 Å². The zero-order valence-corrected chi connectivity index (χ0v) is 16.5. The third-order valence-corrected chi connectivity index (χ3v) is 3.82. The molecule has 146 valence electrons. The Balaban J connectivity index is 2.50. The van der Waals surface area contributed by atoms with E-state index >= 15 is 0 Å². The van der Waals surface area contributed by atoms with Gasteiger partial charge < -0.3 is 15.0 Å². The molecule has 0 saturated heterocycles. The lowest BCUT2D eigenvalue weighted by molar-refractivity contribution is -0.383. The minimum absolute atomic E-state index is 0.135. The largest absolute Gasteiger partial charge is 0.495 e. The van der Waals surface area contributed by atoms with Crippen LogP contribution >= 0.6 is 0 Å². The highest BCUT2D eigenvalue weighted by Gasteiger charge is 2.28. The summed E-state index contributed by atoms with van der Waals surface area (Å²) in [6, 6.07) is 7.21. The Labute approximate surface area is 159 Å². The molecule has 0 atom stereocenters. The van der Waals surface area contributed by atoms with Crippen molar-refractivity contribution in [3.63, 3.8) is 0 Å². The van der Waals surface area contributed by atoms with Crippen molar-refractivity contribution in [1.82, 2.24) is 9.97 Å². The number of rotatable bonds is 9. The second-order valence-electron chi connectivity index (χ2n) is 7.17. The fourth-order valence-corrected chi connectivity index (χ4v) is 2.86. The lowest BCUT2D eigenvalue weighted by Crippen LogP contribution is -2.32. The van der Waals surface area contributed by atoms with Crippen LogP contribution in [0.1, 0.15) is 27.7 Å². The number of ether oxygens (including phenoxy) is 1. The average Bonchev–Trinajstić information content (AvgIpc) is 2.60. The molecule has 0 spiro atoms. The van der Waals surface area contributed by atoms with Gasteiger partial charge in [0.1, 0.15) is 12.1 Å². The van der Waals surface area contributed by atoms with E-state index < -0.39 is 4.92 Å². The summed E-state index contributed by atoms with van der Waals surface area (Å²) in [5, 5.41) is 14.9. The van der Waals surface area contributed by atoms with Gasteiger partial charge in [-0.2, -0.15) is 0 Å². The number of anilines is 3. The molecule has 0 fully saturated rings. The van der Waals surface area contributed by atoms with Gasteiger partial charge in [0, 0.05) is 13.1 Å². The Hall–Kier alpha value is -2.90. The van der Waals surface area contributed by atoms with Crippen LogP contribution in [-0.4, -0.2) is 35.1 Å². The van der Waals surface area contributed by atoms with E-state index in [0.717, 1.165) is 0 Å². The molecule has 1 heterocycles. The Morgan fingerprint density at radius 2 is 1.78 bits per heavy atom. The number of hydrogen-bond donors (Lipinski definition) is 1. The molecule has 8 nitrogen and oxygen atoms in total. The summed E-state index contributed by atoms with van der Waals surface area (Å²) in [6.07, 6.45) is 1.35. The standard InChI is InChI=1S/C19H27N5O3/c1-13(2)10-23(11-14(3)4)19-17(24(25)26)18(20-12-21-19)22-15-8-6-7-9-16(15)27-5/h6-9,12-14H,10-11H2,1-5H3,(H,20,21,22). The van der Waals surface area contributed by atoms with Gasteiger partial charge in [0.15, 0.2) is 0 Å². The van der Waals surface area contributed by atoms with E-state index in [-0.39, 0.29) is 11.5 Å². The van der Waals surface area contributed by atoms with Gasteiger partial charge in [-0.05, 0) is 24.0 Å². The molecule has 0 radical (unpaired) electrons. The highest BCUT2D eigenvalue weighted by Crippen LogP contribution is 2.36. The number of hydrogen-bond acceptors (Lipinski definition) is 7. The first kappa shape index (κ1) is 20.4. The number of methoxy groups -OCH3 is 1. The van der Waals surface area contributed by atoms with E-state index in [4.69, 9.17) is 4.74 Å². The van der Waals surface area contributed by atoms with Gasteiger partial charge in [0.25, 0.3) is 0 Å². The van der Waals surface area contributed by atoms with Crippen molar-refractivity contribution < 1.29 is 9.66 Å². The van der Waals surface area contributed by atoms with Crippen LogP contribution < -0.4 is 15.0 Å². The maximum absolute atomic E-state index is 11.9. The van der Waals surface area contributed by atoms with Crippen molar-refractivity contribution >= 4 is 23.0 Å². The lowest BCUT2D eigenvalue weighted by Gasteiger charge is -2.27. The Morgan fingerprint density at radius 3 is 2.33 bits per heavy atom. The van der Waals surface area contributed by atoms with Gasteiger partial charge >= 0.3 is 5.69 Å². The molecule has 0 amide bonds. The number of aromatic nitrogens is 2. The van der Waals surface area contributed by atoms with Crippen LogP contribution in [0.15, 0.2) is 30.6 Å². The molecule has 0 saturated carbocycles. The number of nitrogens with one attached hydrogen (secondary N) is 1. The molecule has 0 unspecified atom stereocenters. The van der Waals surface area contributed by atoms with Gasteiger partial charge in [-0.25, -0.2) is 9.97 Å². The van der Waals surface area contributed by atoms with Gasteiger partial charge in [-0.15, -0.1) is 0 Å². The Bertz CT molecular complexity index is 770. The van der Waals surface area contributed by atoms with Crippen molar-refractivity contribution in [3.05, 3.63) is 40.7 Å². The predicted octanol–water partition coefficient (Wildman–Crippen LogP) is 4.26.